The average Bonchev–Trinajstić information content (AvgIpc) is 2.38. The smallest absolute Gasteiger partial charge is 0.0198 e. The quantitative estimate of drug-likeness (QED) is 0.793. The van der Waals surface area contributed by atoms with E-state index in [2.05, 4.69) is 31.0 Å². The molecule has 1 heterocycles. The zero-order chi connectivity index (χ0) is 14.4. The van der Waals surface area contributed by atoms with Crippen LogP contribution in [0.5, 0.6) is 0 Å². The minimum atomic E-state index is 0.737. The van der Waals surface area contributed by atoms with Gasteiger partial charge < -0.3 is 10.2 Å². The van der Waals surface area contributed by atoms with Gasteiger partial charge >= 0.3 is 0 Å². The summed E-state index contributed by atoms with van der Waals surface area (Å²) in [7, 11) is 0. The standard InChI is InChI=1S/C18H36N2/c1-15(2)9-10-19-18-11-16(3)12-20(14-18)13-17-7-5-4-6-8-17/h15-19H,4-14H2,1-3H3. The van der Waals surface area contributed by atoms with E-state index in [0.29, 0.717) is 0 Å². The Labute approximate surface area is 126 Å². The largest absolute Gasteiger partial charge is 0.313 e. The molecule has 20 heavy (non-hydrogen) atoms. The fourth-order valence-electron chi connectivity index (χ4n) is 4.07. The van der Waals surface area contributed by atoms with Gasteiger partial charge in [-0.25, -0.2) is 0 Å². The van der Waals surface area contributed by atoms with Crippen LogP contribution in [0.1, 0.15) is 65.7 Å². The molecular weight excluding hydrogens is 244 g/mol. The van der Waals surface area contributed by atoms with Crippen molar-refractivity contribution in [3.63, 3.8) is 0 Å². The Kier molecular flexibility index (Phi) is 6.83. The van der Waals surface area contributed by atoms with Gasteiger partial charge in [-0.2, -0.15) is 0 Å². The highest BCUT2D eigenvalue weighted by molar-refractivity contribution is 4.83. The molecule has 1 saturated carbocycles. The molecule has 2 fully saturated rings. The molecule has 0 bridgehead atoms. The van der Waals surface area contributed by atoms with Crippen molar-refractivity contribution in [1.29, 1.82) is 0 Å². The summed E-state index contributed by atoms with van der Waals surface area (Å²) in [4.78, 5) is 2.76. The molecule has 0 aromatic heterocycles. The van der Waals surface area contributed by atoms with E-state index in [-0.39, 0.29) is 0 Å². The van der Waals surface area contributed by atoms with E-state index in [9.17, 15) is 0 Å². The SMILES string of the molecule is CC(C)CCNC1CC(C)CN(CC2CCCCC2)C1. The Morgan fingerprint density at radius 3 is 2.55 bits per heavy atom. The predicted octanol–water partition coefficient (Wildman–Crippen LogP) is 3.91. The number of rotatable bonds is 6. The third kappa shape index (κ3) is 5.73. The second-order valence-electron chi connectivity index (χ2n) is 7.90. The fraction of sp³-hybridized carbons (Fsp3) is 1.00. The molecule has 2 unspecified atom stereocenters. The van der Waals surface area contributed by atoms with Gasteiger partial charge in [-0.3, -0.25) is 0 Å². The summed E-state index contributed by atoms with van der Waals surface area (Å²) in [5.41, 5.74) is 0. The normalized spacial score (nSPS) is 30.0. The van der Waals surface area contributed by atoms with Crippen LogP contribution in [0, 0.1) is 17.8 Å². The lowest BCUT2D eigenvalue weighted by atomic mass is 9.87. The maximum Gasteiger partial charge on any atom is 0.0198 e. The van der Waals surface area contributed by atoms with Crippen LogP contribution in [-0.2, 0) is 0 Å². The molecule has 2 nitrogen and oxygen atoms in total. The summed E-state index contributed by atoms with van der Waals surface area (Å²) >= 11 is 0. The molecule has 0 radical (unpaired) electrons. The van der Waals surface area contributed by atoms with Gasteiger partial charge in [0.25, 0.3) is 0 Å². The third-order valence-corrected chi connectivity index (χ3v) is 5.13. The summed E-state index contributed by atoms with van der Waals surface area (Å²) in [6.07, 6.45) is 10.1. The molecule has 1 aliphatic heterocycles. The van der Waals surface area contributed by atoms with Crippen molar-refractivity contribution < 1.29 is 0 Å². The number of piperidine rings is 1. The molecule has 0 aromatic rings. The van der Waals surface area contributed by atoms with E-state index in [1.54, 1.807) is 0 Å². The lowest BCUT2D eigenvalue weighted by molar-refractivity contribution is 0.118. The van der Waals surface area contributed by atoms with Gasteiger partial charge in [-0.1, -0.05) is 40.0 Å². The van der Waals surface area contributed by atoms with Crippen LogP contribution in [0.2, 0.25) is 0 Å². The Balaban J connectivity index is 1.72. The first-order chi connectivity index (χ1) is 9.63. The molecule has 1 aliphatic carbocycles. The zero-order valence-electron chi connectivity index (χ0n) is 14.0. The average molecular weight is 280 g/mol. The summed E-state index contributed by atoms with van der Waals surface area (Å²) in [5.74, 6) is 2.68. The van der Waals surface area contributed by atoms with E-state index in [0.717, 1.165) is 23.8 Å². The van der Waals surface area contributed by atoms with Crippen molar-refractivity contribution in [2.45, 2.75) is 71.8 Å². The monoisotopic (exact) mass is 280 g/mol. The molecule has 1 N–H and O–H groups in total. The lowest BCUT2D eigenvalue weighted by Gasteiger charge is -2.39. The number of nitrogens with zero attached hydrogens (tertiary/aromatic N) is 1. The first-order valence-corrected chi connectivity index (χ1v) is 9.09. The molecule has 2 heteroatoms. The van der Waals surface area contributed by atoms with Crippen molar-refractivity contribution in [3.05, 3.63) is 0 Å². The molecule has 1 saturated heterocycles. The van der Waals surface area contributed by atoms with E-state index in [4.69, 9.17) is 0 Å². The second kappa shape index (κ2) is 8.38. The van der Waals surface area contributed by atoms with Crippen molar-refractivity contribution in [1.82, 2.24) is 10.2 Å². The Hall–Kier alpha value is -0.0800. The molecule has 2 rings (SSSR count). The number of hydrogen-bond donors (Lipinski definition) is 1. The molecule has 2 aliphatic rings. The molecule has 0 amide bonds. The highest BCUT2D eigenvalue weighted by Crippen LogP contribution is 2.26. The van der Waals surface area contributed by atoms with Crippen LogP contribution < -0.4 is 5.32 Å². The van der Waals surface area contributed by atoms with E-state index in [1.807, 2.05) is 0 Å². The molecular formula is C18H36N2. The van der Waals surface area contributed by atoms with Crippen molar-refractivity contribution in [2.24, 2.45) is 17.8 Å². The highest BCUT2D eigenvalue weighted by Gasteiger charge is 2.26. The maximum atomic E-state index is 3.81. The summed E-state index contributed by atoms with van der Waals surface area (Å²) in [5, 5.41) is 3.81. The van der Waals surface area contributed by atoms with Crippen molar-refractivity contribution in [3.8, 4) is 0 Å². The Morgan fingerprint density at radius 1 is 1.10 bits per heavy atom. The highest BCUT2D eigenvalue weighted by atomic mass is 15.2. The summed E-state index contributed by atoms with van der Waals surface area (Å²) < 4.78 is 0. The zero-order valence-corrected chi connectivity index (χ0v) is 14.0. The molecule has 0 spiro atoms. The summed E-state index contributed by atoms with van der Waals surface area (Å²) in [6, 6.07) is 0.737. The van der Waals surface area contributed by atoms with E-state index in [1.165, 1.54) is 71.1 Å². The van der Waals surface area contributed by atoms with Crippen LogP contribution >= 0.6 is 0 Å². The van der Waals surface area contributed by atoms with Crippen molar-refractivity contribution in [2.75, 3.05) is 26.2 Å². The number of hydrogen-bond acceptors (Lipinski definition) is 2. The molecule has 0 aromatic carbocycles. The third-order valence-electron chi connectivity index (χ3n) is 5.13. The van der Waals surface area contributed by atoms with E-state index >= 15 is 0 Å². The van der Waals surface area contributed by atoms with Gasteiger partial charge in [0.2, 0.25) is 0 Å². The van der Waals surface area contributed by atoms with Gasteiger partial charge in [0.05, 0.1) is 0 Å². The Morgan fingerprint density at radius 2 is 1.85 bits per heavy atom. The Bertz CT molecular complexity index is 258. The van der Waals surface area contributed by atoms with Gasteiger partial charge in [-0.05, 0) is 50.0 Å². The van der Waals surface area contributed by atoms with Crippen LogP contribution in [0.4, 0.5) is 0 Å². The second-order valence-corrected chi connectivity index (χ2v) is 7.90. The van der Waals surface area contributed by atoms with Crippen LogP contribution in [0.25, 0.3) is 0 Å². The van der Waals surface area contributed by atoms with Gasteiger partial charge in [0, 0.05) is 25.7 Å². The van der Waals surface area contributed by atoms with Crippen LogP contribution in [0.15, 0.2) is 0 Å². The van der Waals surface area contributed by atoms with Crippen LogP contribution in [0.3, 0.4) is 0 Å². The first-order valence-electron chi connectivity index (χ1n) is 9.09. The minimum absolute atomic E-state index is 0.737. The van der Waals surface area contributed by atoms with Gasteiger partial charge in [0.15, 0.2) is 0 Å². The predicted molar refractivity (Wildman–Crippen MR) is 88.0 cm³/mol. The summed E-state index contributed by atoms with van der Waals surface area (Å²) in [6.45, 7) is 12.3. The van der Waals surface area contributed by atoms with Gasteiger partial charge in [-0.15, -0.1) is 0 Å². The fourth-order valence-corrected chi connectivity index (χ4v) is 4.07. The maximum absolute atomic E-state index is 3.81. The van der Waals surface area contributed by atoms with Gasteiger partial charge in [0.1, 0.15) is 0 Å². The minimum Gasteiger partial charge on any atom is -0.313 e. The van der Waals surface area contributed by atoms with E-state index < -0.39 is 0 Å². The number of nitrogens with one attached hydrogen (secondary N) is 1. The topological polar surface area (TPSA) is 15.3 Å². The van der Waals surface area contributed by atoms with Crippen LogP contribution in [-0.4, -0.2) is 37.1 Å². The molecule has 118 valence electrons. The first kappa shape index (κ1) is 16.3. The lowest BCUT2D eigenvalue weighted by Crippen LogP contribution is -2.50. The van der Waals surface area contributed by atoms with Crippen molar-refractivity contribution >= 4 is 0 Å². The number of likely N-dealkylation sites (tertiary alicyclic amines) is 1. The molecule has 2 atom stereocenters.